The van der Waals surface area contributed by atoms with Crippen molar-refractivity contribution in [2.45, 2.75) is 106 Å². The topological polar surface area (TPSA) is 244 Å². The number of fused-ring (bicyclic) bond motifs is 3. The summed E-state index contributed by atoms with van der Waals surface area (Å²) in [5.74, 6) is -7.54. The third kappa shape index (κ3) is 6.21. The van der Waals surface area contributed by atoms with Crippen molar-refractivity contribution in [1.29, 1.82) is 0 Å². The van der Waals surface area contributed by atoms with E-state index in [0.29, 0.717) is 6.42 Å². The first-order valence-electron chi connectivity index (χ1n) is 17.0. The SMILES string of the molecule is CC1OC(C)(C(=O)O)OC1/C=C/C=C/C=C/C(=O)OC1CCC(c2ccc3c(c2O)C(=O)C2=C(C3=O)C3(O)C(=O)C(O)C(C)(O)CC3(O)C=C2)OC1C. The Balaban J connectivity index is 1.10. The number of benzene rings is 1. The highest BCUT2D eigenvalue weighted by atomic mass is 16.8. The number of aromatic hydroxyl groups is 1. The number of Topliss-reactive ketones (excluding diaryl/α,β-unsaturated/α-hetero) is 3. The van der Waals surface area contributed by atoms with Gasteiger partial charge in [0.25, 0.3) is 5.79 Å². The van der Waals surface area contributed by atoms with Crippen LogP contribution in [0.3, 0.4) is 0 Å². The molecule has 2 aliphatic heterocycles. The Bertz CT molecular complexity index is 1940. The quantitative estimate of drug-likeness (QED) is 0.132. The minimum atomic E-state index is -3.05. The molecule has 2 heterocycles. The van der Waals surface area contributed by atoms with Crippen molar-refractivity contribution in [2.75, 3.05) is 0 Å². The number of carboxylic acids is 1. The number of carboxylic acid groups (broad SMARTS) is 1. The van der Waals surface area contributed by atoms with Gasteiger partial charge in [0.1, 0.15) is 29.7 Å². The summed E-state index contributed by atoms with van der Waals surface area (Å²) < 4.78 is 22.5. The normalized spacial score (nSPS) is 38.5. The average Bonchev–Trinajstić information content (AvgIpc) is 3.39. The van der Waals surface area contributed by atoms with Gasteiger partial charge in [-0.2, -0.15) is 0 Å². The minimum Gasteiger partial charge on any atom is -0.507 e. The molecular formula is C38H40O15. The number of carbonyl (C=O) groups excluding carboxylic acids is 4. The molecule has 0 bridgehead atoms. The standard InChI is InChI=1S/C38H40O15/c1-18-23(51-26(39)10-8-6-5-7-9-24-19(2)52-36(4,53-24)34(45)46)13-14-25(50-18)20-11-12-21-27(29(20)40)30(41)22-15-16-37(48)17-35(3,47)32(43)33(44)38(37,49)28(22)31(21)42/h5-12,15-16,18-19,23-25,32,40,43,47-49H,13-14,17H2,1-4H3,(H,45,46)/b6-5+,9-7+,10-8+. The van der Waals surface area contributed by atoms with Crippen LogP contribution in [0.5, 0.6) is 5.75 Å². The van der Waals surface area contributed by atoms with Crippen LogP contribution in [0.15, 0.2) is 71.9 Å². The number of aliphatic hydroxyl groups excluding tert-OH is 1. The second kappa shape index (κ2) is 13.4. The lowest BCUT2D eigenvalue weighted by molar-refractivity contribution is -0.209. The molecule has 0 aromatic heterocycles. The van der Waals surface area contributed by atoms with E-state index >= 15 is 0 Å². The molecule has 3 aliphatic carbocycles. The molecule has 3 fully saturated rings. The number of esters is 1. The number of hydrogen-bond donors (Lipinski definition) is 6. The minimum absolute atomic E-state index is 0.176. The van der Waals surface area contributed by atoms with Crippen molar-refractivity contribution in [2.24, 2.45) is 0 Å². The number of phenolic OH excluding ortho intramolecular Hbond substituents is 1. The van der Waals surface area contributed by atoms with Gasteiger partial charge >= 0.3 is 11.9 Å². The molecule has 5 aliphatic rings. The second-order valence-electron chi connectivity index (χ2n) is 14.3. The first-order chi connectivity index (χ1) is 24.8. The summed E-state index contributed by atoms with van der Waals surface area (Å²) in [5, 5.41) is 64.6. The summed E-state index contributed by atoms with van der Waals surface area (Å²) in [6.45, 7) is 5.79. The van der Waals surface area contributed by atoms with E-state index in [9.17, 15) is 54.6 Å². The molecule has 53 heavy (non-hydrogen) atoms. The Morgan fingerprint density at radius 1 is 0.943 bits per heavy atom. The molecular weight excluding hydrogens is 696 g/mol. The number of carbonyl (C=O) groups is 5. The molecule has 0 amide bonds. The monoisotopic (exact) mass is 736 g/mol. The van der Waals surface area contributed by atoms with Crippen LogP contribution in [-0.2, 0) is 33.3 Å². The van der Waals surface area contributed by atoms with Gasteiger partial charge in [0.15, 0.2) is 17.2 Å². The molecule has 0 radical (unpaired) electrons. The van der Waals surface area contributed by atoms with E-state index in [0.717, 1.165) is 19.1 Å². The van der Waals surface area contributed by atoms with E-state index in [2.05, 4.69) is 0 Å². The predicted octanol–water partition coefficient (Wildman–Crippen LogP) is 1.61. The molecule has 6 N–H and O–H groups in total. The smallest absolute Gasteiger partial charge is 0.364 e. The molecule has 0 spiro atoms. The Labute approximate surface area is 303 Å². The van der Waals surface area contributed by atoms with E-state index in [1.54, 1.807) is 38.2 Å². The molecule has 6 rings (SSSR count). The van der Waals surface area contributed by atoms with Crippen LogP contribution in [0.25, 0.3) is 0 Å². The van der Waals surface area contributed by atoms with Crippen LogP contribution < -0.4 is 0 Å². The van der Waals surface area contributed by atoms with Gasteiger partial charge in [0.2, 0.25) is 5.78 Å². The highest BCUT2D eigenvalue weighted by Gasteiger charge is 2.69. The first-order valence-corrected chi connectivity index (χ1v) is 17.0. The molecule has 10 unspecified atom stereocenters. The van der Waals surface area contributed by atoms with Crippen LogP contribution in [-0.4, -0.2) is 113 Å². The summed E-state index contributed by atoms with van der Waals surface area (Å²) in [6, 6.07) is 2.61. The van der Waals surface area contributed by atoms with E-state index in [4.69, 9.17) is 18.9 Å². The van der Waals surface area contributed by atoms with Gasteiger partial charge in [-0.05, 0) is 45.8 Å². The summed E-state index contributed by atoms with van der Waals surface area (Å²) in [7, 11) is 0. The Kier molecular flexibility index (Phi) is 9.61. The fraction of sp³-hybridized carbons (Fsp3) is 0.447. The average molecular weight is 737 g/mol. The van der Waals surface area contributed by atoms with Gasteiger partial charge in [-0.1, -0.05) is 42.5 Å². The fourth-order valence-electron chi connectivity index (χ4n) is 7.59. The van der Waals surface area contributed by atoms with E-state index in [-0.39, 0.29) is 17.5 Å². The maximum Gasteiger partial charge on any atom is 0.364 e. The molecule has 10 atom stereocenters. The number of aliphatic hydroxyl groups is 4. The molecule has 282 valence electrons. The lowest BCUT2D eigenvalue weighted by Crippen LogP contribution is -2.74. The van der Waals surface area contributed by atoms with Gasteiger partial charge in [-0.15, -0.1) is 0 Å². The van der Waals surface area contributed by atoms with Gasteiger partial charge in [-0.25, -0.2) is 9.59 Å². The van der Waals surface area contributed by atoms with Crippen molar-refractivity contribution in [3.05, 3.63) is 88.6 Å². The predicted molar refractivity (Wildman–Crippen MR) is 180 cm³/mol. The summed E-state index contributed by atoms with van der Waals surface area (Å²) >= 11 is 0. The lowest BCUT2D eigenvalue weighted by atomic mass is 9.56. The van der Waals surface area contributed by atoms with Crippen molar-refractivity contribution in [1.82, 2.24) is 0 Å². The van der Waals surface area contributed by atoms with Crippen molar-refractivity contribution >= 4 is 29.3 Å². The fourth-order valence-corrected chi connectivity index (χ4v) is 7.59. The lowest BCUT2D eigenvalue weighted by Gasteiger charge is -2.53. The van der Waals surface area contributed by atoms with Crippen LogP contribution in [0, 0.1) is 0 Å². The summed E-state index contributed by atoms with van der Waals surface area (Å²) in [5.41, 5.74) is -9.49. The molecule has 15 heteroatoms. The van der Waals surface area contributed by atoms with E-state index in [1.165, 1.54) is 31.2 Å². The third-order valence-electron chi connectivity index (χ3n) is 10.5. The third-order valence-corrected chi connectivity index (χ3v) is 10.5. The van der Waals surface area contributed by atoms with Crippen LogP contribution in [0.1, 0.15) is 79.3 Å². The van der Waals surface area contributed by atoms with Gasteiger partial charge < -0.3 is 49.6 Å². The molecule has 1 saturated carbocycles. The zero-order chi connectivity index (χ0) is 38.8. The molecule has 15 nitrogen and oxygen atoms in total. The van der Waals surface area contributed by atoms with Crippen molar-refractivity contribution < 1.29 is 73.6 Å². The van der Waals surface area contributed by atoms with E-state index in [1.807, 2.05) is 0 Å². The van der Waals surface area contributed by atoms with Crippen LogP contribution in [0.2, 0.25) is 0 Å². The van der Waals surface area contributed by atoms with Gasteiger partial charge in [0, 0.05) is 36.1 Å². The zero-order valence-corrected chi connectivity index (χ0v) is 29.2. The zero-order valence-electron chi connectivity index (χ0n) is 29.2. The van der Waals surface area contributed by atoms with Crippen molar-refractivity contribution in [3.8, 4) is 5.75 Å². The number of rotatable bonds is 7. The number of hydrogen-bond acceptors (Lipinski definition) is 14. The Hall–Kier alpha value is -4.61. The summed E-state index contributed by atoms with van der Waals surface area (Å²) in [6.07, 6.45) is 5.66. The molecule has 1 aromatic carbocycles. The van der Waals surface area contributed by atoms with Gasteiger partial charge in [0.05, 0.1) is 35.0 Å². The van der Waals surface area contributed by atoms with E-state index < -0.39 is 117 Å². The highest BCUT2D eigenvalue weighted by Crippen LogP contribution is 2.52. The number of ether oxygens (including phenoxy) is 4. The number of ketones is 3. The summed E-state index contributed by atoms with van der Waals surface area (Å²) in [4.78, 5) is 64.8. The second-order valence-corrected chi connectivity index (χ2v) is 14.3. The Morgan fingerprint density at radius 3 is 2.30 bits per heavy atom. The van der Waals surface area contributed by atoms with Crippen LogP contribution >= 0.6 is 0 Å². The maximum absolute atomic E-state index is 13.8. The molecule has 2 saturated heterocycles. The van der Waals surface area contributed by atoms with Gasteiger partial charge in [-0.3, -0.25) is 14.4 Å². The first kappa shape index (κ1) is 38.1. The largest absolute Gasteiger partial charge is 0.507 e. The highest BCUT2D eigenvalue weighted by molar-refractivity contribution is 6.32. The Morgan fingerprint density at radius 2 is 1.64 bits per heavy atom. The maximum atomic E-state index is 13.8. The number of allylic oxidation sites excluding steroid dienone is 6. The number of phenols is 1. The number of aliphatic carboxylic acids is 1. The molecule has 1 aromatic rings. The van der Waals surface area contributed by atoms with Crippen LogP contribution in [0.4, 0.5) is 0 Å². The van der Waals surface area contributed by atoms with Crippen molar-refractivity contribution in [3.63, 3.8) is 0 Å².